The summed E-state index contributed by atoms with van der Waals surface area (Å²) in [6.45, 7) is 7.52. The first-order valence-electron chi connectivity index (χ1n) is 10.5. The van der Waals surface area contributed by atoms with Crippen LogP contribution in [0.2, 0.25) is 0 Å². The van der Waals surface area contributed by atoms with Crippen LogP contribution < -0.4 is 10.5 Å². The molecule has 0 radical (unpaired) electrons. The summed E-state index contributed by atoms with van der Waals surface area (Å²) < 4.78 is 7.75. The average Bonchev–Trinajstić information content (AvgIpc) is 3.09. The standard InChI is InChI=1S/C22H34N4O3.ClH/c1-22(2,3)16-6-8-17(9-7-16)29-14-20-24-21(26(25-20)11-4-12-27)15-5-10-18(23)19(28)13-15;/h6-9,15,18-19,27-28H,4-5,10-14,23H2,1-3H3;1H/t15-,18+,19+;/m0./s1. The number of aryl methyl sites for hydroxylation is 1. The van der Waals surface area contributed by atoms with Gasteiger partial charge < -0.3 is 20.7 Å². The Balaban J connectivity index is 0.00000320. The fourth-order valence-electron chi connectivity index (χ4n) is 3.75. The Kier molecular flexibility index (Phi) is 8.67. The van der Waals surface area contributed by atoms with Crippen molar-refractivity contribution in [2.45, 2.75) is 83.1 Å². The zero-order valence-corrected chi connectivity index (χ0v) is 18.9. The maximum Gasteiger partial charge on any atom is 0.188 e. The van der Waals surface area contributed by atoms with Crippen LogP contribution in [0.4, 0.5) is 0 Å². The van der Waals surface area contributed by atoms with E-state index in [1.54, 1.807) is 0 Å². The summed E-state index contributed by atoms with van der Waals surface area (Å²) >= 11 is 0. The summed E-state index contributed by atoms with van der Waals surface area (Å²) in [5, 5.41) is 24.0. The molecule has 2 aromatic rings. The SMILES string of the molecule is CC(C)(C)c1ccc(OCc2nc([C@H]3CC[C@@H](N)[C@H](O)C3)n(CCCO)n2)cc1.Cl. The molecule has 4 N–H and O–H groups in total. The number of aromatic nitrogens is 3. The van der Waals surface area contributed by atoms with Gasteiger partial charge in [-0.05, 0) is 48.8 Å². The number of rotatable bonds is 7. The summed E-state index contributed by atoms with van der Waals surface area (Å²) in [6.07, 6.45) is 2.33. The molecule has 0 unspecified atom stereocenters. The summed E-state index contributed by atoms with van der Waals surface area (Å²) in [4.78, 5) is 4.71. The average molecular weight is 439 g/mol. The van der Waals surface area contributed by atoms with E-state index in [2.05, 4.69) is 38.0 Å². The van der Waals surface area contributed by atoms with E-state index in [-0.39, 0.29) is 43.0 Å². The monoisotopic (exact) mass is 438 g/mol. The van der Waals surface area contributed by atoms with Crippen LogP contribution in [0.5, 0.6) is 5.75 Å². The molecule has 7 nitrogen and oxygen atoms in total. The summed E-state index contributed by atoms with van der Waals surface area (Å²) in [5.74, 6) is 2.37. The molecule has 3 rings (SSSR count). The molecule has 1 aliphatic carbocycles. The van der Waals surface area contributed by atoms with Gasteiger partial charge in [-0.25, -0.2) is 9.67 Å². The molecule has 1 saturated carbocycles. The van der Waals surface area contributed by atoms with Crippen molar-refractivity contribution in [2.24, 2.45) is 5.73 Å². The first kappa shape index (κ1) is 24.6. The molecule has 0 aliphatic heterocycles. The van der Waals surface area contributed by atoms with Crippen molar-refractivity contribution >= 4 is 12.4 Å². The van der Waals surface area contributed by atoms with Gasteiger partial charge in [0.2, 0.25) is 0 Å². The first-order chi connectivity index (χ1) is 13.8. The number of aliphatic hydroxyl groups is 2. The van der Waals surface area contributed by atoms with E-state index < -0.39 is 6.10 Å². The highest BCUT2D eigenvalue weighted by Gasteiger charge is 2.31. The molecule has 1 aromatic heterocycles. The van der Waals surface area contributed by atoms with E-state index in [0.717, 1.165) is 24.4 Å². The molecule has 0 amide bonds. The Morgan fingerprint density at radius 3 is 2.50 bits per heavy atom. The lowest BCUT2D eigenvalue weighted by Gasteiger charge is -2.30. The van der Waals surface area contributed by atoms with Crippen LogP contribution >= 0.6 is 12.4 Å². The van der Waals surface area contributed by atoms with E-state index in [1.807, 2.05) is 16.8 Å². The van der Waals surface area contributed by atoms with E-state index in [4.69, 9.17) is 15.5 Å². The predicted molar refractivity (Wildman–Crippen MR) is 119 cm³/mol. The Bertz CT molecular complexity index is 789. The number of halogens is 1. The topological polar surface area (TPSA) is 106 Å². The van der Waals surface area contributed by atoms with Crippen LogP contribution in [0, 0.1) is 0 Å². The number of aliphatic hydroxyl groups excluding tert-OH is 2. The van der Waals surface area contributed by atoms with Gasteiger partial charge in [-0.1, -0.05) is 32.9 Å². The van der Waals surface area contributed by atoms with E-state index in [9.17, 15) is 10.2 Å². The quantitative estimate of drug-likeness (QED) is 0.613. The van der Waals surface area contributed by atoms with Gasteiger partial charge in [0, 0.05) is 25.1 Å². The van der Waals surface area contributed by atoms with Crippen LogP contribution in [0.1, 0.15) is 69.6 Å². The molecule has 168 valence electrons. The lowest BCUT2D eigenvalue weighted by Crippen LogP contribution is -2.40. The van der Waals surface area contributed by atoms with Gasteiger partial charge in [0.1, 0.15) is 18.2 Å². The van der Waals surface area contributed by atoms with E-state index in [1.165, 1.54) is 5.56 Å². The molecule has 0 saturated heterocycles. The Morgan fingerprint density at radius 1 is 1.20 bits per heavy atom. The van der Waals surface area contributed by atoms with Crippen molar-refractivity contribution in [3.8, 4) is 5.75 Å². The maximum absolute atomic E-state index is 10.2. The molecular formula is C22H35ClN4O3. The lowest BCUT2D eigenvalue weighted by molar-refractivity contribution is 0.0954. The third-order valence-electron chi connectivity index (χ3n) is 5.59. The second-order valence-corrected chi connectivity index (χ2v) is 8.99. The van der Waals surface area contributed by atoms with Gasteiger partial charge in [-0.15, -0.1) is 12.4 Å². The van der Waals surface area contributed by atoms with Crippen molar-refractivity contribution in [3.63, 3.8) is 0 Å². The molecule has 30 heavy (non-hydrogen) atoms. The fourth-order valence-corrected chi connectivity index (χ4v) is 3.75. The predicted octanol–water partition coefficient (Wildman–Crippen LogP) is 2.91. The van der Waals surface area contributed by atoms with E-state index >= 15 is 0 Å². The van der Waals surface area contributed by atoms with E-state index in [0.29, 0.717) is 25.2 Å². The van der Waals surface area contributed by atoms with Gasteiger partial charge in [0.25, 0.3) is 0 Å². The summed E-state index contributed by atoms with van der Waals surface area (Å²) in [6, 6.07) is 7.95. The van der Waals surface area contributed by atoms with Gasteiger partial charge in [-0.3, -0.25) is 0 Å². The number of nitrogens with two attached hydrogens (primary N) is 1. The molecule has 1 fully saturated rings. The highest BCUT2D eigenvalue weighted by atomic mass is 35.5. The van der Waals surface area contributed by atoms with Crippen LogP contribution in [0.25, 0.3) is 0 Å². The van der Waals surface area contributed by atoms with Crippen LogP contribution in [0.3, 0.4) is 0 Å². The number of hydrogen-bond acceptors (Lipinski definition) is 6. The van der Waals surface area contributed by atoms with Gasteiger partial charge in [-0.2, -0.15) is 5.10 Å². The minimum atomic E-state index is -0.516. The smallest absolute Gasteiger partial charge is 0.188 e. The number of benzene rings is 1. The van der Waals surface area contributed by atoms with Crippen LogP contribution in [0.15, 0.2) is 24.3 Å². The van der Waals surface area contributed by atoms with Gasteiger partial charge in [0.15, 0.2) is 5.82 Å². The second kappa shape index (κ2) is 10.6. The van der Waals surface area contributed by atoms with Crippen molar-refractivity contribution in [1.29, 1.82) is 0 Å². The minimum absolute atomic E-state index is 0. The Morgan fingerprint density at radius 2 is 1.90 bits per heavy atom. The molecule has 1 aliphatic rings. The molecule has 8 heteroatoms. The van der Waals surface area contributed by atoms with Gasteiger partial charge >= 0.3 is 0 Å². The Labute approximate surface area is 185 Å². The zero-order valence-electron chi connectivity index (χ0n) is 18.1. The highest BCUT2D eigenvalue weighted by molar-refractivity contribution is 5.85. The number of nitrogens with zero attached hydrogens (tertiary/aromatic N) is 3. The van der Waals surface area contributed by atoms with Crippen molar-refractivity contribution in [3.05, 3.63) is 41.5 Å². The number of ether oxygens (including phenoxy) is 1. The third kappa shape index (κ3) is 6.17. The van der Waals surface area contributed by atoms with Crippen molar-refractivity contribution in [2.75, 3.05) is 6.61 Å². The van der Waals surface area contributed by atoms with Gasteiger partial charge in [0.05, 0.1) is 6.10 Å². The largest absolute Gasteiger partial charge is 0.486 e. The normalized spacial score (nSPS) is 21.9. The van der Waals surface area contributed by atoms with Crippen LogP contribution in [-0.4, -0.2) is 43.7 Å². The van der Waals surface area contributed by atoms with Crippen molar-refractivity contribution in [1.82, 2.24) is 14.8 Å². The second-order valence-electron chi connectivity index (χ2n) is 8.99. The highest BCUT2D eigenvalue weighted by Crippen LogP contribution is 2.32. The minimum Gasteiger partial charge on any atom is -0.486 e. The third-order valence-corrected chi connectivity index (χ3v) is 5.59. The summed E-state index contributed by atoms with van der Waals surface area (Å²) in [5.41, 5.74) is 7.31. The fraction of sp³-hybridized carbons (Fsp3) is 0.636. The Hall–Kier alpha value is -1.67. The van der Waals surface area contributed by atoms with Crippen LogP contribution in [-0.2, 0) is 18.6 Å². The molecule has 1 aromatic carbocycles. The molecule has 0 spiro atoms. The molecule has 3 atom stereocenters. The lowest BCUT2D eigenvalue weighted by atomic mass is 9.84. The number of hydrogen-bond donors (Lipinski definition) is 3. The summed E-state index contributed by atoms with van der Waals surface area (Å²) in [7, 11) is 0. The zero-order chi connectivity index (χ0) is 21.0. The first-order valence-corrected chi connectivity index (χ1v) is 10.5. The maximum atomic E-state index is 10.2. The molecule has 1 heterocycles. The molecule has 0 bridgehead atoms. The molecular weight excluding hydrogens is 404 g/mol. The van der Waals surface area contributed by atoms with Crippen molar-refractivity contribution < 1.29 is 14.9 Å².